The van der Waals surface area contributed by atoms with Crippen LogP contribution in [-0.2, 0) is 4.79 Å². The van der Waals surface area contributed by atoms with Crippen LogP contribution in [0.15, 0.2) is 22.7 Å². The summed E-state index contributed by atoms with van der Waals surface area (Å²) < 4.78 is 0.991. The molecule has 2 N–H and O–H groups in total. The Bertz CT molecular complexity index is 385. The number of carbonyl (C=O) groups is 1. The van der Waals surface area contributed by atoms with Gasteiger partial charge in [-0.05, 0) is 30.7 Å². The Labute approximate surface area is 97.4 Å². The van der Waals surface area contributed by atoms with Gasteiger partial charge in [0.1, 0.15) is 0 Å². The van der Waals surface area contributed by atoms with Gasteiger partial charge in [0.2, 0.25) is 5.91 Å². The number of nitrogens with two attached hydrogens (primary N) is 1. The van der Waals surface area contributed by atoms with Gasteiger partial charge in [0.15, 0.2) is 0 Å². The highest BCUT2D eigenvalue weighted by Crippen LogP contribution is 2.25. The molecule has 1 aliphatic rings. The zero-order valence-electron chi connectivity index (χ0n) is 8.53. The smallest absolute Gasteiger partial charge is 0.228 e. The highest BCUT2D eigenvalue weighted by molar-refractivity contribution is 9.10. The molecule has 1 saturated heterocycles. The minimum atomic E-state index is -0.0308. The van der Waals surface area contributed by atoms with E-state index in [-0.39, 0.29) is 11.9 Å². The standard InChI is InChI=1S/C11H13BrN2O/c1-7-2-8(12)4-10(3-7)14-6-9(13)5-11(14)15/h2-4,9H,5-6,13H2,1H3. The van der Waals surface area contributed by atoms with Gasteiger partial charge in [0.05, 0.1) is 0 Å². The van der Waals surface area contributed by atoms with Crippen molar-refractivity contribution < 1.29 is 4.79 Å². The summed E-state index contributed by atoms with van der Waals surface area (Å²) in [7, 11) is 0. The van der Waals surface area contributed by atoms with Gasteiger partial charge in [-0.1, -0.05) is 15.9 Å². The summed E-state index contributed by atoms with van der Waals surface area (Å²) in [6.07, 6.45) is 0.450. The van der Waals surface area contributed by atoms with E-state index >= 15 is 0 Å². The third-order valence-corrected chi connectivity index (χ3v) is 2.95. The van der Waals surface area contributed by atoms with Crippen molar-refractivity contribution in [3.8, 4) is 0 Å². The third kappa shape index (κ3) is 2.21. The molecule has 4 heteroatoms. The summed E-state index contributed by atoms with van der Waals surface area (Å²) in [4.78, 5) is 13.4. The highest BCUT2D eigenvalue weighted by Gasteiger charge is 2.28. The van der Waals surface area contributed by atoms with Gasteiger partial charge in [-0.2, -0.15) is 0 Å². The Morgan fingerprint density at radius 1 is 1.47 bits per heavy atom. The van der Waals surface area contributed by atoms with Gasteiger partial charge in [0.25, 0.3) is 0 Å². The second kappa shape index (κ2) is 3.94. The molecule has 3 nitrogen and oxygen atoms in total. The molecule has 0 spiro atoms. The fourth-order valence-electron chi connectivity index (χ4n) is 1.86. The van der Waals surface area contributed by atoms with Gasteiger partial charge in [-0.25, -0.2) is 0 Å². The molecule has 0 aliphatic carbocycles. The van der Waals surface area contributed by atoms with E-state index in [9.17, 15) is 4.79 Å². The zero-order chi connectivity index (χ0) is 11.0. The first-order valence-electron chi connectivity index (χ1n) is 4.89. The van der Waals surface area contributed by atoms with Crippen LogP contribution >= 0.6 is 15.9 Å². The zero-order valence-corrected chi connectivity index (χ0v) is 10.1. The summed E-state index contributed by atoms with van der Waals surface area (Å²) in [5.74, 6) is 0.111. The van der Waals surface area contributed by atoms with E-state index in [0.29, 0.717) is 13.0 Å². The number of hydrogen-bond donors (Lipinski definition) is 1. The van der Waals surface area contributed by atoms with Gasteiger partial charge in [-0.3, -0.25) is 4.79 Å². The van der Waals surface area contributed by atoms with Gasteiger partial charge in [0, 0.05) is 29.2 Å². The van der Waals surface area contributed by atoms with Crippen LogP contribution in [-0.4, -0.2) is 18.5 Å². The lowest BCUT2D eigenvalue weighted by atomic mass is 10.2. The second-order valence-electron chi connectivity index (χ2n) is 3.96. The summed E-state index contributed by atoms with van der Waals surface area (Å²) in [5, 5.41) is 0. The lowest BCUT2D eigenvalue weighted by Crippen LogP contribution is -2.27. The van der Waals surface area contributed by atoms with Crippen LogP contribution in [0.3, 0.4) is 0 Å². The Balaban J connectivity index is 2.33. The molecule has 1 atom stereocenters. The van der Waals surface area contributed by atoms with Crippen molar-refractivity contribution in [1.82, 2.24) is 0 Å². The molecule has 1 aromatic carbocycles. The lowest BCUT2D eigenvalue weighted by molar-refractivity contribution is -0.117. The quantitative estimate of drug-likeness (QED) is 0.845. The van der Waals surface area contributed by atoms with Crippen LogP contribution in [0.25, 0.3) is 0 Å². The molecule has 0 radical (unpaired) electrons. The average Bonchev–Trinajstić information content (AvgIpc) is 2.43. The lowest BCUT2D eigenvalue weighted by Gasteiger charge is -2.17. The van der Waals surface area contributed by atoms with E-state index < -0.39 is 0 Å². The molecule has 0 aromatic heterocycles. The number of hydrogen-bond acceptors (Lipinski definition) is 2. The predicted octanol–water partition coefficient (Wildman–Crippen LogP) is 1.82. The minimum Gasteiger partial charge on any atom is -0.326 e. The summed E-state index contributed by atoms with van der Waals surface area (Å²) >= 11 is 3.43. The number of nitrogens with zero attached hydrogens (tertiary/aromatic N) is 1. The number of rotatable bonds is 1. The van der Waals surface area contributed by atoms with Crippen molar-refractivity contribution in [3.63, 3.8) is 0 Å². The maximum Gasteiger partial charge on any atom is 0.228 e. The molecule has 1 fully saturated rings. The van der Waals surface area contributed by atoms with Crippen LogP contribution in [0.5, 0.6) is 0 Å². The monoisotopic (exact) mass is 268 g/mol. The normalized spacial score (nSPS) is 21.1. The van der Waals surface area contributed by atoms with E-state index in [1.807, 2.05) is 25.1 Å². The van der Waals surface area contributed by atoms with Crippen molar-refractivity contribution in [2.24, 2.45) is 5.73 Å². The van der Waals surface area contributed by atoms with Crippen molar-refractivity contribution >= 4 is 27.5 Å². The maximum atomic E-state index is 11.6. The van der Waals surface area contributed by atoms with E-state index in [0.717, 1.165) is 15.7 Å². The molecule has 0 bridgehead atoms. The van der Waals surface area contributed by atoms with Crippen LogP contribution in [0.2, 0.25) is 0 Å². The van der Waals surface area contributed by atoms with Gasteiger partial charge >= 0.3 is 0 Å². The molecule has 0 saturated carbocycles. The number of carbonyl (C=O) groups excluding carboxylic acids is 1. The Morgan fingerprint density at radius 2 is 2.20 bits per heavy atom. The number of halogens is 1. The third-order valence-electron chi connectivity index (χ3n) is 2.49. The first-order valence-corrected chi connectivity index (χ1v) is 5.68. The van der Waals surface area contributed by atoms with Crippen LogP contribution in [0, 0.1) is 6.92 Å². The van der Waals surface area contributed by atoms with Crippen molar-refractivity contribution in [3.05, 3.63) is 28.2 Å². The molecule has 1 amide bonds. The SMILES string of the molecule is Cc1cc(Br)cc(N2CC(N)CC2=O)c1. The topological polar surface area (TPSA) is 46.3 Å². The van der Waals surface area contributed by atoms with Crippen LogP contribution in [0.1, 0.15) is 12.0 Å². The number of benzene rings is 1. The van der Waals surface area contributed by atoms with E-state index in [4.69, 9.17) is 5.73 Å². The molecule has 1 unspecified atom stereocenters. The van der Waals surface area contributed by atoms with Crippen molar-refractivity contribution in [2.45, 2.75) is 19.4 Å². The maximum absolute atomic E-state index is 11.6. The summed E-state index contributed by atoms with van der Waals surface area (Å²) in [6.45, 7) is 2.63. The Kier molecular flexibility index (Phi) is 2.80. The highest BCUT2D eigenvalue weighted by atomic mass is 79.9. The van der Waals surface area contributed by atoms with E-state index in [1.165, 1.54) is 0 Å². The first-order chi connectivity index (χ1) is 7.06. The fraction of sp³-hybridized carbons (Fsp3) is 0.364. The minimum absolute atomic E-state index is 0.0308. The van der Waals surface area contributed by atoms with Gasteiger partial charge < -0.3 is 10.6 Å². The van der Waals surface area contributed by atoms with Crippen LogP contribution < -0.4 is 10.6 Å². The molecule has 1 aromatic rings. The molecule has 15 heavy (non-hydrogen) atoms. The molecule has 2 rings (SSSR count). The van der Waals surface area contributed by atoms with E-state index in [1.54, 1.807) is 4.90 Å². The largest absolute Gasteiger partial charge is 0.326 e. The Morgan fingerprint density at radius 3 is 2.73 bits per heavy atom. The number of amides is 1. The average molecular weight is 269 g/mol. The molecule has 80 valence electrons. The van der Waals surface area contributed by atoms with E-state index in [2.05, 4.69) is 15.9 Å². The second-order valence-corrected chi connectivity index (χ2v) is 4.87. The summed E-state index contributed by atoms with van der Waals surface area (Å²) in [5.41, 5.74) is 7.82. The molecule has 1 aliphatic heterocycles. The predicted molar refractivity (Wildman–Crippen MR) is 63.8 cm³/mol. The van der Waals surface area contributed by atoms with Gasteiger partial charge in [-0.15, -0.1) is 0 Å². The Hall–Kier alpha value is -0.870. The molecular formula is C11H13BrN2O. The van der Waals surface area contributed by atoms with Crippen molar-refractivity contribution in [1.29, 1.82) is 0 Å². The van der Waals surface area contributed by atoms with Crippen molar-refractivity contribution in [2.75, 3.05) is 11.4 Å². The van der Waals surface area contributed by atoms with Crippen LogP contribution in [0.4, 0.5) is 5.69 Å². The summed E-state index contributed by atoms with van der Waals surface area (Å²) in [6, 6.07) is 5.94. The molecule has 1 heterocycles. The first kappa shape index (κ1) is 10.6. The fourth-order valence-corrected chi connectivity index (χ4v) is 2.45. The number of anilines is 1. The number of aryl methyl sites for hydroxylation is 1. The molecular weight excluding hydrogens is 256 g/mol.